The molecule has 2 aromatic rings. The minimum atomic E-state index is 0.0201. The fourth-order valence-corrected chi connectivity index (χ4v) is 2.86. The van der Waals surface area contributed by atoms with Crippen LogP contribution < -0.4 is 4.74 Å². The highest BCUT2D eigenvalue weighted by Crippen LogP contribution is 2.50. The summed E-state index contributed by atoms with van der Waals surface area (Å²) < 4.78 is 5.31. The number of hydrogen-bond donors (Lipinski definition) is 0. The Kier molecular flexibility index (Phi) is 3.55. The highest BCUT2D eigenvalue weighted by Gasteiger charge is 2.46. The third-order valence-electron chi connectivity index (χ3n) is 4.21. The molecule has 0 radical (unpaired) electrons. The van der Waals surface area contributed by atoms with Gasteiger partial charge in [0.15, 0.2) is 0 Å². The fraction of sp³-hybridized carbons (Fsp3) is 0.353. The van der Waals surface area contributed by atoms with E-state index in [2.05, 4.69) is 18.2 Å². The van der Waals surface area contributed by atoms with Crippen LogP contribution >= 0.6 is 0 Å². The average Bonchev–Trinajstić information content (AvgIpc) is 3.32. The standard InChI is InChI=1S/C17H19NO3/c1-18(21-3)17(19)16-10-15(16)13-6-4-5-11-7-8-12(20-2)9-14(11)13/h4-9,15-16H,10H2,1-3H3/t15-,16+/m1/s1. The Morgan fingerprint density at radius 2 is 2.05 bits per heavy atom. The van der Waals surface area contributed by atoms with Gasteiger partial charge in [-0.2, -0.15) is 0 Å². The van der Waals surface area contributed by atoms with E-state index in [0.29, 0.717) is 0 Å². The number of nitrogens with zero attached hydrogens (tertiary/aromatic N) is 1. The molecule has 4 nitrogen and oxygen atoms in total. The number of carbonyl (C=O) groups excluding carboxylic acids is 1. The van der Waals surface area contributed by atoms with Crippen LogP contribution in [0.15, 0.2) is 36.4 Å². The van der Waals surface area contributed by atoms with Crippen LogP contribution in [0.5, 0.6) is 5.75 Å². The number of carbonyl (C=O) groups is 1. The molecule has 110 valence electrons. The summed E-state index contributed by atoms with van der Waals surface area (Å²) in [5, 5.41) is 3.65. The molecule has 0 aromatic heterocycles. The van der Waals surface area contributed by atoms with E-state index < -0.39 is 0 Å². The van der Waals surface area contributed by atoms with E-state index in [1.807, 2.05) is 18.2 Å². The lowest BCUT2D eigenvalue weighted by atomic mass is 9.99. The number of hydrogen-bond acceptors (Lipinski definition) is 3. The molecular weight excluding hydrogens is 266 g/mol. The van der Waals surface area contributed by atoms with Gasteiger partial charge in [-0.25, -0.2) is 5.06 Å². The molecule has 1 aliphatic rings. The maximum Gasteiger partial charge on any atom is 0.249 e. The zero-order valence-electron chi connectivity index (χ0n) is 12.5. The summed E-state index contributed by atoms with van der Waals surface area (Å²) in [7, 11) is 4.84. The highest BCUT2D eigenvalue weighted by molar-refractivity contribution is 5.90. The Labute approximate surface area is 124 Å². The van der Waals surface area contributed by atoms with E-state index in [-0.39, 0.29) is 17.7 Å². The third-order valence-corrected chi connectivity index (χ3v) is 4.21. The summed E-state index contributed by atoms with van der Waals surface area (Å²) >= 11 is 0. The van der Waals surface area contributed by atoms with Gasteiger partial charge in [-0.15, -0.1) is 0 Å². The van der Waals surface area contributed by atoms with Crippen molar-refractivity contribution in [3.63, 3.8) is 0 Å². The second-order valence-corrected chi connectivity index (χ2v) is 5.40. The molecule has 0 unspecified atom stereocenters. The molecule has 0 spiro atoms. The number of fused-ring (bicyclic) bond motifs is 1. The van der Waals surface area contributed by atoms with Crippen molar-refractivity contribution in [3.05, 3.63) is 42.0 Å². The van der Waals surface area contributed by atoms with E-state index in [4.69, 9.17) is 9.57 Å². The first-order valence-corrected chi connectivity index (χ1v) is 7.04. The van der Waals surface area contributed by atoms with Crippen molar-refractivity contribution in [1.29, 1.82) is 0 Å². The molecule has 2 atom stereocenters. The second kappa shape index (κ2) is 5.37. The molecule has 1 aliphatic carbocycles. The van der Waals surface area contributed by atoms with Crippen molar-refractivity contribution >= 4 is 16.7 Å². The predicted molar refractivity (Wildman–Crippen MR) is 81.1 cm³/mol. The van der Waals surface area contributed by atoms with Crippen molar-refractivity contribution in [2.24, 2.45) is 5.92 Å². The lowest BCUT2D eigenvalue weighted by Gasteiger charge is -2.14. The number of amides is 1. The van der Waals surface area contributed by atoms with Crippen LogP contribution in [0.25, 0.3) is 10.8 Å². The number of benzene rings is 2. The normalized spacial score (nSPS) is 20.3. The summed E-state index contributed by atoms with van der Waals surface area (Å²) in [6, 6.07) is 12.3. The maximum atomic E-state index is 12.2. The van der Waals surface area contributed by atoms with Gasteiger partial charge in [0.2, 0.25) is 5.91 Å². The predicted octanol–water partition coefficient (Wildman–Crippen LogP) is 2.97. The Morgan fingerprint density at radius 1 is 1.24 bits per heavy atom. The molecule has 1 saturated carbocycles. The first-order valence-electron chi connectivity index (χ1n) is 7.04. The van der Waals surface area contributed by atoms with Crippen molar-refractivity contribution in [2.45, 2.75) is 12.3 Å². The minimum absolute atomic E-state index is 0.0201. The van der Waals surface area contributed by atoms with Crippen LogP contribution in [0, 0.1) is 5.92 Å². The van der Waals surface area contributed by atoms with E-state index in [1.165, 1.54) is 23.1 Å². The van der Waals surface area contributed by atoms with E-state index >= 15 is 0 Å². The van der Waals surface area contributed by atoms with Gasteiger partial charge in [-0.05, 0) is 40.8 Å². The third kappa shape index (κ3) is 2.47. The van der Waals surface area contributed by atoms with Gasteiger partial charge < -0.3 is 4.74 Å². The number of hydroxylamine groups is 2. The quantitative estimate of drug-likeness (QED) is 0.811. The molecule has 2 aromatic carbocycles. The summed E-state index contributed by atoms with van der Waals surface area (Å²) in [6.45, 7) is 0. The van der Waals surface area contributed by atoms with Gasteiger partial charge in [-0.1, -0.05) is 24.3 Å². The molecule has 1 amide bonds. The van der Waals surface area contributed by atoms with Crippen LogP contribution in [-0.2, 0) is 9.63 Å². The number of methoxy groups -OCH3 is 1. The smallest absolute Gasteiger partial charge is 0.249 e. The van der Waals surface area contributed by atoms with E-state index in [0.717, 1.165) is 17.6 Å². The van der Waals surface area contributed by atoms with Crippen molar-refractivity contribution in [2.75, 3.05) is 21.3 Å². The van der Waals surface area contributed by atoms with Crippen molar-refractivity contribution in [1.82, 2.24) is 5.06 Å². The lowest BCUT2D eigenvalue weighted by molar-refractivity contribution is -0.170. The second-order valence-electron chi connectivity index (χ2n) is 5.40. The average molecular weight is 285 g/mol. The molecule has 3 rings (SSSR count). The van der Waals surface area contributed by atoms with Gasteiger partial charge in [0.1, 0.15) is 5.75 Å². The molecular formula is C17H19NO3. The molecule has 0 heterocycles. The van der Waals surface area contributed by atoms with Gasteiger partial charge in [0.05, 0.1) is 14.2 Å². The maximum absolute atomic E-state index is 12.2. The number of ether oxygens (including phenoxy) is 1. The van der Waals surface area contributed by atoms with Crippen LogP contribution in [0.1, 0.15) is 17.9 Å². The van der Waals surface area contributed by atoms with Crippen molar-refractivity contribution < 1.29 is 14.4 Å². The molecule has 0 saturated heterocycles. The monoisotopic (exact) mass is 285 g/mol. The fourth-order valence-electron chi connectivity index (χ4n) is 2.86. The molecule has 0 bridgehead atoms. The summed E-state index contributed by atoms with van der Waals surface area (Å²) in [4.78, 5) is 17.1. The molecule has 0 N–H and O–H groups in total. The van der Waals surface area contributed by atoms with E-state index in [1.54, 1.807) is 14.2 Å². The summed E-state index contributed by atoms with van der Waals surface area (Å²) in [6.07, 6.45) is 0.878. The van der Waals surface area contributed by atoms with E-state index in [9.17, 15) is 4.79 Å². The Morgan fingerprint density at radius 3 is 2.76 bits per heavy atom. The molecule has 0 aliphatic heterocycles. The van der Waals surface area contributed by atoms with Gasteiger partial charge >= 0.3 is 0 Å². The van der Waals surface area contributed by atoms with Gasteiger partial charge in [0.25, 0.3) is 0 Å². The van der Waals surface area contributed by atoms with Crippen LogP contribution in [0.2, 0.25) is 0 Å². The van der Waals surface area contributed by atoms with Crippen molar-refractivity contribution in [3.8, 4) is 5.75 Å². The SMILES string of the molecule is COc1ccc2cccc([C@H]3C[C@@H]3C(=O)N(C)OC)c2c1. The van der Waals surface area contributed by atoms with Crippen LogP contribution in [0.4, 0.5) is 0 Å². The molecule has 21 heavy (non-hydrogen) atoms. The Bertz CT molecular complexity index is 683. The molecule has 4 heteroatoms. The Balaban J connectivity index is 1.93. The van der Waals surface area contributed by atoms with Gasteiger partial charge in [-0.3, -0.25) is 9.63 Å². The zero-order valence-corrected chi connectivity index (χ0v) is 12.5. The zero-order chi connectivity index (χ0) is 15.0. The largest absolute Gasteiger partial charge is 0.497 e. The summed E-state index contributed by atoms with van der Waals surface area (Å²) in [5.74, 6) is 1.17. The summed E-state index contributed by atoms with van der Waals surface area (Å²) in [5.41, 5.74) is 1.22. The Hall–Kier alpha value is -2.07. The topological polar surface area (TPSA) is 38.8 Å². The van der Waals surface area contributed by atoms with Gasteiger partial charge in [0, 0.05) is 13.0 Å². The van der Waals surface area contributed by atoms with Crippen LogP contribution in [0.3, 0.4) is 0 Å². The highest BCUT2D eigenvalue weighted by atomic mass is 16.7. The molecule has 1 fully saturated rings. The first kappa shape index (κ1) is 13.9. The minimum Gasteiger partial charge on any atom is -0.497 e. The lowest BCUT2D eigenvalue weighted by Crippen LogP contribution is -2.27. The first-order chi connectivity index (χ1) is 10.2. The van der Waals surface area contributed by atoms with Crippen LogP contribution in [-0.4, -0.2) is 32.2 Å². The number of rotatable bonds is 4.